The maximum absolute atomic E-state index is 8.29. The molecule has 0 amide bonds. The fourth-order valence-electron chi connectivity index (χ4n) is 0.887. The van der Waals surface area contributed by atoms with Gasteiger partial charge in [0.1, 0.15) is 0 Å². The number of hydrogen-bond acceptors (Lipinski definition) is 1. The van der Waals surface area contributed by atoms with Crippen molar-refractivity contribution in [2.45, 2.75) is 58.8 Å². The van der Waals surface area contributed by atoms with Crippen LogP contribution in [0.1, 0.15) is 58.8 Å². The summed E-state index contributed by atoms with van der Waals surface area (Å²) in [5.41, 5.74) is 0. The van der Waals surface area contributed by atoms with Gasteiger partial charge in [-0.15, -0.1) is 6.58 Å². The molecule has 0 heterocycles. The second-order valence-corrected chi connectivity index (χ2v) is 3.22. The predicted molar refractivity (Wildman–Crippen MR) is 60.9 cm³/mol. The third kappa shape index (κ3) is 24.5. The van der Waals surface area contributed by atoms with Crippen LogP contribution < -0.4 is 0 Å². The van der Waals surface area contributed by atoms with Crippen LogP contribution in [0.5, 0.6) is 0 Å². The van der Waals surface area contributed by atoms with Crippen molar-refractivity contribution in [3.8, 4) is 0 Å². The zero-order chi connectivity index (χ0) is 10.4. The molecule has 1 heteroatoms. The first-order chi connectivity index (χ1) is 6.33. The Balaban J connectivity index is 0. The summed E-state index contributed by atoms with van der Waals surface area (Å²) in [7, 11) is 0. The number of hydrogen-bond donors (Lipinski definition) is 1. The van der Waals surface area contributed by atoms with E-state index >= 15 is 0 Å². The highest BCUT2D eigenvalue weighted by atomic mass is 16.2. The van der Waals surface area contributed by atoms with Gasteiger partial charge in [0.25, 0.3) is 0 Å². The van der Waals surface area contributed by atoms with Crippen molar-refractivity contribution in [3.05, 3.63) is 12.7 Å². The molecule has 0 aliphatic heterocycles. The Labute approximate surface area is 83.9 Å². The molecular formula is C12H26O. The Kier molecular flexibility index (Phi) is 20.7. The van der Waals surface area contributed by atoms with Crippen molar-refractivity contribution >= 4 is 0 Å². The average molecular weight is 186 g/mol. The average Bonchev–Trinajstić information content (AvgIpc) is 2.17. The molecule has 0 aliphatic carbocycles. The van der Waals surface area contributed by atoms with E-state index in [0.717, 1.165) is 6.42 Å². The van der Waals surface area contributed by atoms with Gasteiger partial charge in [-0.05, 0) is 12.8 Å². The third-order valence-electron chi connectivity index (χ3n) is 1.77. The molecule has 0 atom stereocenters. The van der Waals surface area contributed by atoms with Crippen molar-refractivity contribution in [2.75, 3.05) is 6.61 Å². The Hall–Kier alpha value is -0.300. The predicted octanol–water partition coefficient (Wildman–Crippen LogP) is 3.92. The van der Waals surface area contributed by atoms with Crippen LogP contribution in [0.25, 0.3) is 0 Å². The van der Waals surface area contributed by atoms with Crippen LogP contribution in [-0.4, -0.2) is 11.7 Å². The first-order valence-electron chi connectivity index (χ1n) is 5.55. The first-order valence-corrected chi connectivity index (χ1v) is 5.55. The minimum atomic E-state index is 0.361. The summed E-state index contributed by atoms with van der Waals surface area (Å²) in [5, 5.41) is 8.29. The van der Waals surface area contributed by atoms with Gasteiger partial charge >= 0.3 is 0 Å². The summed E-state index contributed by atoms with van der Waals surface area (Å²) in [6.07, 6.45) is 10.4. The monoisotopic (exact) mass is 186 g/mol. The molecule has 0 saturated carbocycles. The zero-order valence-electron chi connectivity index (χ0n) is 9.39. The molecule has 1 N–H and O–H groups in total. The molecule has 0 rings (SSSR count). The van der Waals surface area contributed by atoms with Crippen molar-refractivity contribution in [1.82, 2.24) is 0 Å². The van der Waals surface area contributed by atoms with Gasteiger partial charge in [-0.3, -0.25) is 0 Å². The molecule has 13 heavy (non-hydrogen) atoms. The minimum Gasteiger partial charge on any atom is -0.396 e. The Morgan fingerprint density at radius 1 is 1.00 bits per heavy atom. The van der Waals surface area contributed by atoms with E-state index in [1.165, 1.54) is 38.5 Å². The summed E-state index contributed by atoms with van der Waals surface area (Å²) in [4.78, 5) is 0. The molecule has 0 aromatic rings. The van der Waals surface area contributed by atoms with E-state index in [-0.39, 0.29) is 0 Å². The number of aliphatic hydroxyl groups excluding tert-OH is 1. The molecule has 0 unspecified atom stereocenters. The van der Waals surface area contributed by atoms with Crippen molar-refractivity contribution in [3.63, 3.8) is 0 Å². The van der Waals surface area contributed by atoms with Gasteiger partial charge in [0, 0.05) is 6.61 Å². The van der Waals surface area contributed by atoms with Crippen LogP contribution in [0.15, 0.2) is 12.7 Å². The number of allylic oxidation sites excluding steroid dienone is 1. The fraction of sp³-hybridized carbons (Fsp3) is 0.833. The summed E-state index contributed by atoms with van der Waals surface area (Å²) < 4.78 is 0. The van der Waals surface area contributed by atoms with E-state index in [9.17, 15) is 0 Å². The van der Waals surface area contributed by atoms with E-state index in [1.54, 1.807) is 0 Å². The normalized spacial score (nSPS) is 8.85. The van der Waals surface area contributed by atoms with E-state index in [0.29, 0.717) is 6.61 Å². The molecule has 80 valence electrons. The van der Waals surface area contributed by atoms with Gasteiger partial charge in [-0.1, -0.05) is 52.0 Å². The SMILES string of the molecule is C=CCCCC.CCCCCCO. The molecule has 0 bridgehead atoms. The summed E-state index contributed by atoms with van der Waals surface area (Å²) in [6, 6.07) is 0. The molecule has 0 aromatic heterocycles. The van der Waals surface area contributed by atoms with Crippen LogP contribution in [0, 0.1) is 0 Å². The van der Waals surface area contributed by atoms with Crippen LogP contribution in [0.2, 0.25) is 0 Å². The lowest BCUT2D eigenvalue weighted by molar-refractivity contribution is 0.283. The lowest BCUT2D eigenvalue weighted by Crippen LogP contribution is -1.80. The molecular weight excluding hydrogens is 160 g/mol. The van der Waals surface area contributed by atoms with E-state index < -0.39 is 0 Å². The second kappa shape index (κ2) is 17.7. The maximum Gasteiger partial charge on any atom is 0.0431 e. The number of aliphatic hydroxyl groups is 1. The quantitative estimate of drug-likeness (QED) is 0.472. The second-order valence-electron chi connectivity index (χ2n) is 3.22. The molecule has 0 saturated heterocycles. The Morgan fingerprint density at radius 3 is 1.92 bits per heavy atom. The van der Waals surface area contributed by atoms with Gasteiger partial charge in [-0.25, -0.2) is 0 Å². The van der Waals surface area contributed by atoms with Gasteiger partial charge in [0.05, 0.1) is 0 Å². The molecule has 0 spiro atoms. The zero-order valence-corrected chi connectivity index (χ0v) is 9.39. The maximum atomic E-state index is 8.29. The highest BCUT2D eigenvalue weighted by molar-refractivity contribution is 4.64. The van der Waals surface area contributed by atoms with Crippen molar-refractivity contribution in [1.29, 1.82) is 0 Å². The van der Waals surface area contributed by atoms with Gasteiger partial charge in [0.2, 0.25) is 0 Å². The van der Waals surface area contributed by atoms with Crippen LogP contribution >= 0.6 is 0 Å². The van der Waals surface area contributed by atoms with Gasteiger partial charge in [0.15, 0.2) is 0 Å². The highest BCUT2D eigenvalue weighted by Gasteiger charge is 1.80. The topological polar surface area (TPSA) is 20.2 Å². The van der Waals surface area contributed by atoms with Crippen molar-refractivity contribution in [2.24, 2.45) is 0 Å². The fourth-order valence-corrected chi connectivity index (χ4v) is 0.887. The first kappa shape index (κ1) is 15.2. The minimum absolute atomic E-state index is 0.361. The summed E-state index contributed by atoms with van der Waals surface area (Å²) >= 11 is 0. The van der Waals surface area contributed by atoms with Crippen LogP contribution in [0.4, 0.5) is 0 Å². The molecule has 1 nitrogen and oxygen atoms in total. The van der Waals surface area contributed by atoms with E-state index in [1.807, 2.05) is 6.08 Å². The molecule has 0 aromatic carbocycles. The van der Waals surface area contributed by atoms with E-state index in [2.05, 4.69) is 20.4 Å². The number of rotatable bonds is 7. The van der Waals surface area contributed by atoms with E-state index in [4.69, 9.17) is 5.11 Å². The van der Waals surface area contributed by atoms with Gasteiger partial charge in [-0.2, -0.15) is 0 Å². The largest absolute Gasteiger partial charge is 0.396 e. The Morgan fingerprint density at radius 2 is 1.62 bits per heavy atom. The van der Waals surface area contributed by atoms with Gasteiger partial charge < -0.3 is 5.11 Å². The number of unbranched alkanes of at least 4 members (excludes halogenated alkanes) is 5. The Bertz CT molecular complexity index is 75.2. The third-order valence-corrected chi connectivity index (χ3v) is 1.77. The van der Waals surface area contributed by atoms with Crippen LogP contribution in [-0.2, 0) is 0 Å². The van der Waals surface area contributed by atoms with Crippen molar-refractivity contribution < 1.29 is 5.11 Å². The smallest absolute Gasteiger partial charge is 0.0431 e. The lowest BCUT2D eigenvalue weighted by atomic mass is 10.2. The summed E-state index contributed by atoms with van der Waals surface area (Å²) in [6.45, 7) is 8.31. The highest BCUT2D eigenvalue weighted by Crippen LogP contribution is 1.96. The molecule has 0 aliphatic rings. The molecule has 0 radical (unpaired) electrons. The standard InChI is InChI=1S/C6H14O.C6H12/c1-2-3-4-5-6-7;1-3-5-6-4-2/h7H,2-6H2,1H3;3H,1,4-6H2,2H3. The molecule has 0 fully saturated rings. The van der Waals surface area contributed by atoms with Crippen LogP contribution in [0.3, 0.4) is 0 Å². The summed E-state index contributed by atoms with van der Waals surface area (Å²) in [5.74, 6) is 0. The lowest BCUT2D eigenvalue weighted by Gasteiger charge is -1.90.